The van der Waals surface area contributed by atoms with E-state index in [0.717, 1.165) is 0 Å². The van der Waals surface area contributed by atoms with E-state index in [1.54, 1.807) is 0 Å². The first-order valence-corrected chi connectivity index (χ1v) is 5.54. The van der Waals surface area contributed by atoms with E-state index in [1.165, 1.54) is 30.4 Å². The van der Waals surface area contributed by atoms with Gasteiger partial charge in [-0.05, 0) is 6.92 Å². The topological polar surface area (TPSA) is 105 Å². The highest BCUT2D eigenvalue weighted by Gasteiger charge is 2.16. The number of nitrogens with zero attached hydrogens (tertiary/aromatic N) is 4. The molecule has 0 bridgehead atoms. The summed E-state index contributed by atoms with van der Waals surface area (Å²) in [5, 5.41) is 4.01. The van der Waals surface area contributed by atoms with Crippen LogP contribution in [-0.2, 0) is 4.74 Å². The number of hydrogen-bond acceptors (Lipinski definition) is 7. The molecular formula is C11H13N5O3. The number of nitrogens with two attached hydrogens (primary N) is 1. The van der Waals surface area contributed by atoms with Crippen LogP contribution < -0.4 is 10.5 Å². The van der Waals surface area contributed by atoms with Crippen molar-refractivity contribution < 1.29 is 14.3 Å². The van der Waals surface area contributed by atoms with E-state index in [1.807, 2.05) is 6.92 Å². The first-order chi connectivity index (χ1) is 9.15. The Morgan fingerprint density at radius 1 is 1.47 bits per heavy atom. The summed E-state index contributed by atoms with van der Waals surface area (Å²) in [6, 6.07) is 0. The Bertz CT molecular complexity index is 596. The molecule has 2 rings (SSSR count). The Kier molecular flexibility index (Phi) is 3.60. The van der Waals surface area contributed by atoms with Gasteiger partial charge in [0.05, 0.1) is 38.0 Å². The zero-order valence-corrected chi connectivity index (χ0v) is 10.5. The minimum Gasteiger partial charge on any atom is -0.477 e. The molecule has 0 saturated carbocycles. The van der Waals surface area contributed by atoms with E-state index in [4.69, 9.17) is 10.5 Å². The molecule has 0 aliphatic heterocycles. The maximum Gasteiger partial charge on any atom is 0.360 e. The number of esters is 1. The minimum atomic E-state index is -0.606. The molecule has 19 heavy (non-hydrogen) atoms. The van der Waals surface area contributed by atoms with Gasteiger partial charge in [-0.1, -0.05) is 0 Å². The Labute approximate surface area is 109 Å². The van der Waals surface area contributed by atoms with Crippen molar-refractivity contribution >= 4 is 11.7 Å². The van der Waals surface area contributed by atoms with Crippen LogP contribution in [0, 0.1) is 0 Å². The van der Waals surface area contributed by atoms with Crippen molar-refractivity contribution in [2.24, 2.45) is 0 Å². The molecule has 2 aromatic heterocycles. The van der Waals surface area contributed by atoms with Gasteiger partial charge in [0.1, 0.15) is 0 Å². The number of aromatic nitrogens is 4. The maximum absolute atomic E-state index is 11.4. The summed E-state index contributed by atoms with van der Waals surface area (Å²) in [7, 11) is 1.26. The van der Waals surface area contributed by atoms with Crippen molar-refractivity contribution in [3.63, 3.8) is 0 Å². The average molecular weight is 263 g/mol. The molecule has 0 aliphatic carbocycles. The molecule has 0 unspecified atom stereocenters. The Morgan fingerprint density at radius 2 is 2.26 bits per heavy atom. The molecule has 100 valence electrons. The highest BCUT2D eigenvalue weighted by molar-refractivity contribution is 5.92. The number of carbonyl (C=O) groups is 1. The zero-order valence-electron chi connectivity index (χ0n) is 10.5. The quantitative estimate of drug-likeness (QED) is 0.797. The number of rotatable bonds is 4. The van der Waals surface area contributed by atoms with Gasteiger partial charge in [-0.3, -0.25) is 4.98 Å². The largest absolute Gasteiger partial charge is 0.477 e. The number of carbonyl (C=O) groups excluding carboxylic acids is 1. The van der Waals surface area contributed by atoms with E-state index in [2.05, 4.69) is 19.8 Å². The molecule has 0 aromatic carbocycles. The van der Waals surface area contributed by atoms with Crippen LogP contribution >= 0.6 is 0 Å². The van der Waals surface area contributed by atoms with Gasteiger partial charge < -0.3 is 15.2 Å². The van der Waals surface area contributed by atoms with Gasteiger partial charge in [0.25, 0.3) is 0 Å². The minimum absolute atomic E-state index is 0.0334. The molecule has 2 heterocycles. The molecule has 0 radical (unpaired) electrons. The lowest BCUT2D eigenvalue weighted by molar-refractivity contribution is 0.0594. The predicted octanol–water partition coefficient (Wildman–Crippen LogP) is 0.430. The summed E-state index contributed by atoms with van der Waals surface area (Å²) >= 11 is 0. The van der Waals surface area contributed by atoms with E-state index >= 15 is 0 Å². The van der Waals surface area contributed by atoms with Gasteiger partial charge in [-0.15, -0.1) is 0 Å². The molecule has 0 fully saturated rings. The van der Waals surface area contributed by atoms with Crippen LogP contribution in [0.4, 0.5) is 5.69 Å². The van der Waals surface area contributed by atoms with Crippen molar-refractivity contribution in [3.8, 4) is 11.7 Å². The molecule has 2 aromatic rings. The SMILES string of the molecule is CCOc1cncc(-n2cc(N)c(C(=O)OC)n2)n1. The fourth-order valence-corrected chi connectivity index (χ4v) is 1.43. The third kappa shape index (κ3) is 2.62. The number of ether oxygens (including phenoxy) is 2. The molecule has 8 nitrogen and oxygen atoms in total. The van der Waals surface area contributed by atoms with Crippen molar-refractivity contribution in [3.05, 3.63) is 24.3 Å². The van der Waals surface area contributed by atoms with Crippen LogP contribution in [0.1, 0.15) is 17.4 Å². The lowest BCUT2D eigenvalue weighted by atomic mass is 10.4. The summed E-state index contributed by atoms with van der Waals surface area (Å²) in [4.78, 5) is 19.6. The Morgan fingerprint density at radius 3 is 2.95 bits per heavy atom. The second-order valence-electron chi connectivity index (χ2n) is 3.52. The molecule has 2 N–H and O–H groups in total. The first kappa shape index (κ1) is 12.8. The molecule has 0 amide bonds. The van der Waals surface area contributed by atoms with E-state index in [0.29, 0.717) is 18.3 Å². The van der Waals surface area contributed by atoms with E-state index in [9.17, 15) is 4.79 Å². The summed E-state index contributed by atoms with van der Waals surface area (Å²) in [6.07, 6.45) is 4.43. The third-order valence-corrected chi connectivity index (χ3v) is 2.25. The fourth-order valence-electron chi connectivity index (χ4n) is 1.43. The number of hydrogen-bond donors (Lipinski definition) is 1. The maximum atomic E-state index is 11.4. The predicted molar refractivity (Wildman–Crippen MR) is 66.1 cm³/mol. The van der Waals surface area contributed by atoms with E-state index in [-0.39, 0.29) is 11.4 Å². The summed E-state index contributed by atoms with van der Waals surface area (Å²) in [6.45, 7) is 2.32. The molecule has 8 heteroatoms. The molecule has 0 saturated heterocycles. The van der Waals surface area contributed by atoms with Crippen molar-refractivity contribution in [2.75, 3.05) is 19.5 Å². The van der Waals surface area contributed by atoms with Crippen LogP contribution in [0.3, 0.4) is 0 Å². The standard InChI is InChI=1S/C11H13N5O3/c1-3-19-9-5-13-4-8(14-9)16-6-7(12)10(15-16)11(17)18-2/h4-6H,3,12H2,1-2H3. The first-order valence-electron chi connectivity index (χ1n) is 5.54. The van der Waals surface area contributed by atoms with Crippen LogP contribution in [0.25, 0.3) is 5.82 Å². The number of anilines is 1. The summed E-state index contributed by atoms with van der Waals surface area (Å²) in [5.74, 6) is 0.159. The van der Waals surface area contributed by atoms with Crippen molar-refractivity contribution in [2.45, 2.75) is 6.92 Å². The molecule has 0 aliphatic rings. The highest BCUT2D eigenvalue weighted by atomic mass is 16.5. The van der Waals surface area contributed by atoms with Gasteiger partial charge >= 0.3 is 5.97 Å². The van der Waals surface area contributed by atoms with Gasteiger partial charge in [-0.2, -0.15) is 10.1 Å². The Hall–Kier alpha value is -2.64. The van der Waals surface area contributed by atoms with E-state index < -0.39 is 5.97 Å². The molecule has 0 atom stereocenters. The van der Waals surface area contributed by atoms with Gasteiger partial charge in [0, 0.05) is 0 Å². The van der Waals surface area contributed by atoms with Crippen LogP contribution in [0.15, 0.2) is 18.6 Å². The Balaban J connectivity index is 2.36. The second kappa shape index (κ2) is 5.34. The zero-order chi connectivity index (χ0) is 13.8. The average Bonchev–Trinajstić information content (AvgIpc) is 2.81. The fraction of sp³-hybridized carbons (Fsp3) is 0.273. The second-order valence-corrected chi connectivity index (χ2v) is 3.52. The lowest BCUT2D eigenvalue weighted by Gasteiger charge is -2.03. The van der Waals surface area contributed by atoms with Gasteiger partial charge in [-0.25, -0.2) is 9.48 Å². The smallest absolute Gasteiger partial charge is 0.360 e. The van der Waals surface area contributed by atoms with Crippen LogP contribution in [0.2, 0.25) is 0 Å². The normalized spacial score (nSPS) is 10.2. The number of nitrogen functional groups attached to an aromatic ring is 1. The van der Waals surface area contributed by atoms with Crippen molar-refractivity contribution in [1.29, 1.82) is 0 Å². The number of methoxy groups -OCH3 is 1. The van der Waals surface area contributed by atoms with Gasteiger partial charge in [0.15, 0.2) is 11.5 Å². The van der Waals surface area contributed by atoms with Gasteiger partial charge in [0.2, 0.25) is 5.88 Å². The van der Waals surface area contributed by atoms with Crippen LogP contribution in [-0.4, -0.2) is 39.4 Å². The van der Waals surface area contributed by atoms with Crippen LogP contribution in [0.5, 0.6) is 5.88 Å². The summed E-state index contributed by atoms with van der Waals surface area (Å²) in [5.41, 5.74) is 5.93. The van der Waals surface area contributed by atoms with Crippen molar-refractivity contribution in [1.82, 2.24) is 19.7 Å². The lowest BCUT2D eigenvalue weighted by Crippen LogP contribution is -2.07. The monoisotopic (exact) mass is 263 g/mol. The molecular weight excluding hydrogens is 250 g/mol. The summed E-state index contributed by atoms with van der Waals surface area (Å²) < 4.78 is 11.2. The molecule has 0 spiro atoms. The third-order valence-electron chi connectivity index (χ3n) is 2.25. The highest BCUT2D eigenvalue weighted by Crippen LogP contribution is 2.15.